The van der Waals surface area contributed by atoms with Crippen LogP contribution in [0, 0.1) is 13.8 Å². The summed E-state index contributed by atoms with van der Waals surface area (Å²) < 4.78 is 5.30. The normalized spacial score (nSPS) is 12.7. The quantitative estimate of drug-likeness (QED) is 0.734. The Balaban J connectivity index is 2.28. The summed E-state index contributed by atoms with van der Waals surface area (Å²) >= 11 is 3.67. The summed E-state index contributed by atoms with van der Waals surface area (Å²) in [7, 11) is 0. The van der Waals surface area contributed by atoms with Gasteiger partial charge in [0, 0.05) is 5.56 Å². The number of rotatable bonds is 2. The summed E-state index contributed by atoms with van der Waals surface area (Å²) in [5.41, 5.74) is 3.69. The summed E-state index contributed by atoms with van der Waals surface area (Å²) in [6, 6.07) is 10.6. The third-order valence-electron chi connectivity index (χ3n) is 2.41. The van der Waals surface area contributed by atoms with Crippen LogP contribution in [0.2, 0.25) is 0 Å². The van der Waals surface area contributed by atoms with Crippen LogP contribution < -0.4 is 0 Å². The van der Waals surface area contributed by atoms with E-state index < -0.39 is 0 Å². The van der Waals surface area contributed by atoms with E-state index in [2.05, 4.69) is 53.2 Å². The van der Waals surface area contributed by atoms with E-state index in [0.29, 0.717) is 0 Å². The third-order valence-corrected chi connectivity index (χ3v) is 3.47. The monoisotopic (exact) mass is 264 g/mol. The second-order valence-corrected chi connectivity index (χ2v) is 4.68. The first kappa shape index (κ1) is 10.5. The Morgan fingerprint density at radius 3 is 2.27 bits per heavy atom. The molecule has 1 unspecified atom stereocenters. The fourth-order valence-electron chi connectivity index (χ4n) is 1.52. The average Bonchev–Trinajstić information content (AvgIpc) is 2.65. The summed E-state index contributed by atoms with van der Waals surface area (Å²) in [6.07, 6.45) is 1.80. The van der Waals surface area contributed by atoms with Gasteiger partial charge in [-0.15, -0.1) is 0 Å². The maximum Gasteiger partial charge on any atom is 0.101 e. The molecule has 0 aliphatic rings. The van der Waals surface area contributed by atoms with E-state index in [1.54, 1.807) is 6.26 Å². The number of benzene rings is 1. The Hall–Kier alpha value is -1.02. The van der Waals surface area contributed by atoms with Crippen molar-refractivity contribution in [3.8, 4) is 0 Å². The number of alkyl halides is 1. The summed E-state index contributed by atoms with van der Waals surface area (Å²) in [5.74, 6) is 0.946. The van der Waals surface area contributed by atoms with E-state index in [4.69, 9.17) is 4.42 Å². The molecule has 0 aliphatic heterocycles. The molecule has 0 saturated heterocycles. The first-order valence-corrected chi connectivity index (χ1v) is 5.84. The van der Waals surface area contributed by atoms with Crippen molar-refractivity contribution in [2.24, 2.45) is 0 Å². The van der Waals surface area contributed by atoms with E-state index in [9.17, 15) is 0 Å². The van der Waals surface area contributed by atoms with Gasteiger partial charge in [-0.25, -0.2) is 0 Å². The Bertz CT molecular complexity index is 442. The fraction of sp³-hybridized carbons (Fsp3) is 0.231. The second-order valence-electron chi connectivity index (χ2n) is 3.76. The second kappa shape index (κ2) is 4.23. The highest BCUT2D eigenvalue weighted by Gasteiger charge is 2.11. The smallest absolute Gasteiger partial charge is 0.101 e. The van der Waals surface area contributed by atoms with Gasteiger partial charge in [-0.1, -0.05) is 45.8 Å². The van der Waals surface area contributed by atoms with Crippen LogP contribution in [-0.4, -0.2) is 0 Å². The summed E-state index contributed by atoms with van der Waals surface area (Å²) in [4.78, 5) is 0.218. The molecule has 0 N–H and O–H groups in total. The molecule has 78 valence electrons. The van der Waals surface area contributed by atoms with Crippen LogP contribution in [0.15, 0.2) is 41.0 Å². The Kier molecular flexibility index (Phi) is 2.96. The van der Waals surface area contributed by atoms with E-state index in [-0.39, 0.29) is 4.83 Å². The van der Waals surface area contributed by atoms with Crippen molar-refractivity contribution in [2.75, 3.05) is 0 Å². The van der Waals surface area contributed by atoms with Crippen LogP contribution in [0.1, 0.15) is 27.3 Å². The van der Waals surface area contributed by atoms with Crippen LogP contribution in [0.4, 0.5) is 0 Å². The van der Waals surface area contributed by atoms with E-state index >= 15 is 0 Å². The molecule has 0 aliphatic carbocycles. The van der Waals surface area contributed by atoms with Crippen molar-refractivity contribution in [3.05, 3.63) is 59.0 Å². The van der Waals surface area contributed by atoms with Gasteiger partial charge in [0.1, 0.15) is 5.76 Å². The van der Waals surface area contributed by atoms with E-state index in [1.165, 1.54) is 11.1 Å². The SMILES string of the molecule is Cc1ccc(C(Br)c2coc(C)c2)cc1. The molecule has 1 aromatic heterocycles. The lowest BCUT2D eigenvalue weighted by Gasteiger charge is -2.07. The van der Waals surface area contributed by atoms with Crippen molar-refractivity contribution in [1.29, 1.82) is 0 Å². The van der Waals surface area contributed by atoms with Gasteiger partial charge in [-0.3, -0.25) is 0 Å². The highest BCUT2D eigenvalue weighted by molar-refractivity contribution is 9.09. The van der Waals surface area contributed by atoms with Crippen LogP contribution in [-0.2, 0) is 0 Å². The number of halogens is 1. The van der Waals surface area contributed by atoms with Gasteiger partial charge in [0.05, 0.1) is 11.1 Å². The molecule has 0 amide bonds. The van der Waals surface area contributed by atoms with Crippen LogP contribution in [0.3, 0.4) is 0 Å². The third kappa shape index (κ3) is 2.32. The summed E-state index contributed by atoms with van der Waals surface area (Å²) in [5, 5.41) is 0. The topological polar surface area (TPSA) is 13.1 Å². The number of hydrogen-bond acceptors (Lipinski definition) is 1. The zero-order chi connectivity index (χ0) is 10.8. The first-order chi connectivity index (χ1) is 7.16. The van der Waals surface area contributed by atoms with Gasteiger partial charge < -0.3 is 4.42 Å². The van der Waals surface area contributed by atoms with Crippen molar-refractivity contribution in [1.82, 2.24) is 0 Å². The van der Waals surface area contributed by atoms with Gasteiger partial charge in [0.25, 0.3) is 0 Å². The Morgan fingerprint density at radius 2 is 1.73 bits per heavy atom. The maximum absolute atomic E-state index is 5.30. The van der Waals surface area contributed by atoms with E-state index in [1.807, 2.05) is 6.92 Å². The van der Waals surface area contributed by atoms with E-state index in [0.717, 1.165) is 11.3 Å². The molecule has 15 heavy (non-hydrogen) atoms. The van der Waals surface area contributed by atoms with Crippen molar-refractivity contribution < 1.29 is 4.42 Å². The molecular formula is C13H13BrO. The maximum atomic E-state index is 5.30. The molecule has 1 atom stereocenters. The van der Waals surface area contributed by atoms with Gasteiger partial charge >= 0.3 is 0 Å². The molecule has 0 radical (unpaired) electrons. The molecular weight excluding hydrogens is 252 g/mol. The van der Waals surface area contributed by atoms with Gasteiger partial charge in [0.15, 0.2) is 0 Å². The zero-order valence-electron chi connectivity index (χ0n) is 8.83. The van der Waals surface area contributed by atoms with Crippen LogP contribution in [0.25, 0.3) is 0 Å². The lowest BCUT2D eigenvalue weighted by atomic mass is 10.1. The standard InChI is InChI=1S/C13H13BrO/c1-9-3-5-11(6-4-9)13(14)12-7-10(2)15-8-12/h3-8,13H,1-2H3. The lowest BCUT2D eigenvalue weighted by Crippen LogP contribution is -1.90. The molecule has 2 aromatic rings. The predicted octanol–water partition coefficient (Wildman–Crippen LogP) is 4.38. The first-order valence-electron chi connectivity index (χ1n) is 4.92. The minimum absolute atomic E-state index is 0.218. The largest absolute Gasteiger partial charge is 0.469 e. The lowest BCUT2D eigenvalue weighted by molar-refractivity contribution is 0.532. The highest BCUT2D eigenvalue weighted by atomic mass is 79.9. The number of aryl methyl sites for hydroxylation is 2. The average molecular weight is 265 g/mol. The Labute approximate surface area is 98.2 Å². The minimum Gasteiger partial charge on any atom is -0.469 e. The predicted molar refractivity (Wildman–Crippen MR) is 65.4 cm³/mol. The zero-order valence-corrected chi connectivity index (χ0v) is 10.4. The summed E-state index contributed by atoms with van der Waals surface area (Å²) in [6.45, 7) is 4.05. The van der Waals surface area contributed by atoms with Crippen molar-refractivity contribution in [3.63, 3.8) is 0 Å². The van der Waals surface area contributed by atoms with Crippen molar-refractivity contribution >= 4 is 15.9 Å². The van der Waals surface area contributed by atoms with Crippen molar-refractivity contribution in [2.45, 2.75) is 18.7 Å². The van der Waals surface area contributed by atoms with Gasteiger partial charge in [0.2, 0.25) is 0 Å². The Morgan fingerprint density at radius 1 is 1.07 bits per heavy atom. The van der Waals surface area contributed by atoms with Gasteiger partial charge in [-0.05, 0) is 25.5 Å². The minimum atomic E-state index is 0.218. The number of furan rings is 1. The fourth-order valence-corrected chi connectivity index (χ4v) is 2.07. The number of hydrogen-bond donors (Lipinski definition) is 0. The molecule has 1 aromatic carbocycles. The van der Waals surface area contributed by atoms with Crippen LogP contribution >= 0.6 is 15.9 Å². The molecule has 0 spiro atoms. The molecule has 1 nitrogen and oxygen atoms in total. The van der Waals surface area contributed by atoms with Crippen LogP contribution in [0.5, 0.6) is 0 Å². The molecule has 1 heterocycles. The highest BCUT2D eigenvalue weighted by Crippen LogP contribution is 2.31. The molecule has 2 heteroatoms. The molecule has 0 fully saturated rings. The van der Waals surface area contributed by atoms with Gasteiger partial charge in [-0.2, -0.15) is 0 Å². The molecule has 0 bridgehead atoms. The molecule has 0 saturated carbocycles. The molecule has 2 rings (SSSR count).